The van der Waals surface area contributed by atoms with E-state index in [1.807, 2.05) is 36.5 Å². The average Bonchev–Trinajstić information content (AvgIpc) is 3.12. The van der Waals surface area contributed by atoms with Crippen LogP contribution in [0.4, 0.5) is 5.82 Å². The standard InChI is InChI=1S/C18H18BrN5O/c19-15-5-3-4-14(12-15)18-21-17(25-22-18)13-23-8-10-24(11-9-23)16-6-1-2-7-20-16/h1-7,12H,8-11,13H2/p+2. The second-order valence-electron chi connectivity index (χ2n) is 6.18. The van der Waals surface area contributed by atoms with Crippen molar-refractivity contribution in [2.24, 2.45) is 0 Å². The SMILES string of the molecule is Brc1cccc(-c2noc(C[NH+]3CCN(c4cccc[nH+]4)CC3)n2)c1. The van der Waals surface area contributed by atoms with E-state index in [0.29, 0.717) is 11.7 Å². The van der Waals surface area contributed by atoms with E-state index in [0.717, 1.165) is 42.8 Å². The molecule has 0 radical (unpaired) electrons. The molecule has 3 heterocycles. The minimum absolute atomic E-state index is 0.647. The van der Waals surface area contributed by atoms with Crippen LogP contribution in [0.5, 0.6) is 0 Å². The number of aromatic amines is 1. The number of pyridine rings is 1. The third-order valence-corrected chi connectivity index (χ3v) is 4.95. The summed E-state index contributed by atoms with van der Waals surface area (Å²) in [5.41, 5.74) is 0.962. The summed E-state index contributed by atoms with van der Waals surface area (Å²) in [6, 6.07) is 14.1. The maximum absolute atomic E-state index is 5.46. The monoisotopic (exact) mass is 401 g/mol. The molecule has 1 saturated heterocycles. The third-order valence-electron chi connectivity index (χ3n) is 4.46. The van der Waals surface area contributed by atoms with Crippen molar-refractivity contribution in [2.75, 3.05) is 31.1 Å². The Morgan fingerprint density at radius 3 is 2.80 bits per heavy atom. The number of nitrogens with zero attached hydrogens (tertiary/aromatic N) is 3. The average molecular weight is 402 g/mol. The number of halogens is 1. The van der Waals surface area contributed by atoms with Gasteiger partial charge in [-0.3, -0.25) is 4.90 Å². The van der Waals surface area contributed by atoms with Crippen LogP contribution in [-0.4, -0.2) is 36.3 Å². The first-order valence-electron chi connectivity index (χ1n) is 8.42. The Labute approximate surface area is 154 Å². The van der Waals surface area contributed by atoms with E-state index < -0.39 is 0 Å². The maximum atomic E-state index is 5.46. The third kappa shape index (κ3) is 3.88. The van der Waals surface area contributed by atoms with Crippen LogP contribution in [0, 0.1) is 0 Å². The fourth-order valence-corrected chi connectivity index (χ4v) is 3.51. The Hall–Kier alpha value is -2.25. The van der Waals surface area contributed by atoms with E-state index in [-0.39, 0.29) is 0 Å². The largest absolute Gasteiger partial charge is 0.333 e. The van der Waals surface area contributed by atoms with Crippen molar-refractivity contribution in [3.8, 4) is 11.4 Å². The Balaban J connectivity index is 1.36. The first-order chi connectivity index (χ1) is 12.3. The van der Waals surface area contributed by atoms with Gasteiger partial charge in [-0.15, -0.1) is 0 Å². The number of piperazine rings is 1. The van der Waals surface area contributed by atoms with Gasteiger partial charge in [0, 0.05) is 16.1 Å². The van der Waals surface area contributed by atoms with E-state index in [1.54, 1.807) is 0 Å². The molecule has 1 aliphatic rings. The summed E-state index contributed by atoms with van der Waals surface area (Å²) in [4.78, 5) is 11.7. The van der Waals surface area contributed by atoms with Crippen molar-refractivity contribution in [1.29, 1.82) is 0 Å². The first kappa shape index (κ1) is 16.2. The molecule has 0 aliphatic carbocycles. The van der Waals surface area contributed by atoms with E-state index >= 15 is 0 Å². The molecular weight excluding hydrogens is 382 g/mol. The van der Waals surface area contributed by atoms with Crippen molar-refractivity contribution in [1.82, 2.24) is 10.1 Å². The summed E-state index contributed by atoms with van der Waals surface area (Å²) in [7, 11) is 0. The highest BCUT2D eigenvalue weighted by Gasteiger charge is 2.27. The molecule has 4 rings (SSSR count). The molecule has 7 heteroatoms. The van der Waals surface area contributed by atoms with E-state index in [4.69, 9.17) is 4.52 Å². The number of hydrogen-bond acceptors (Lipinski definition) is 4. The summed E-state index contributed by atoms with van der Waals surface area (Å²) >= 11 is 3.47. The van der Waals surface area contributed by atoms with Gasteiger partial charge in [-0.2, -0.15) is 4.98 Å². The Kier molecular flexibility index (Phi) is 4.76. The lowest BCUT2D eigenvalue weighted by molar-refractivity contribution is -0.915. The van der Waals surface area contributed by atoms with E-state index in [2.05, 4.69) is 48.1 Å². The van der Waals surface area contributed by atoms with Gasteiger partial charge in [0.25, 0.3) is 11.7 Å². The fourth-order valence-electron chi connectivity index (χ4n) is 3.11. The van der Waals surface area contributed by atoms with Crippen molar-refractivity contribution in [2.45, 2.75) is 6.54 Å². The predicted octanol–water partition coefficient (Wildman–Crippen LogP) is 1.22. The van der Waals surface area contributed by atoms with Gasteiger partial charge in [0.1, 0.15) is 26.2 Å². The van der Waals surface area contributed by atoms with Crippen LogP contribution in [0.15, 0.2) is 57.7 Å². The fraction of sp³-hybridized carbons (Fsp3) is 0.278. The summed E-state index contributed by atoms with van der Waals surface area (Å²) in [5.74, 6) is 2.52. The number of anilines is 1. The number of aromatic nitrogens is 3. The minimum Gasteiger partial charge on any atom is -0.333 e. The van der Waals surface area contributed by atoms with Crippen molar-refractivity contribution >= 4 is 21.7 Å². The summed E-state index contributed by atoms with van der Waals surface area (Å²) < 4.78 is 6.47. The zero-order valence-corrected chi connectivity index (χ0v) is 15.4. The molecule has 25 heavy (non-hydrogen) atoms. The van der Waals surface area contributed by atoms with Crippen molar-refractivity contribution in [3.05, 3.63) is 59.0 Å². The molecule has 0 amide bonds. The molecule has 128 valence electrons. The van der Waals surface area contributed by atoms with Crippen LogP contribution in [0.3, 0.4) is 0 Å². The van der Waals surface area contributed by atoms with Crippen LogP contribution in [0.2, 0.25) is 0 Å². The molecule has 1 fully saturated rings. The van der Waals surface area contributed by atoms with Gasteiger partial charge in [-0.25, -0.2) is 4.98 Å². The zero-order valence-electron chi connectivity index (χ0n) is 13.8. The smallest absolute Gasteiger partial charge is 0.282 e. The number of quaternary nitrogens is 1. The second-order valence-corrected chi connectivity index (χ2v) is 7.10. The zero-order chi connectivity index (χ0) is 17.1. The van der Waals surface area contributed by atoms with Crippen molar-refractivity contribution in [3.63, 3.8) is 0 Å². The van der Waals surface area contributed by atoms with Gasteiger partial charge >= 0.3 is 0 Å². The molecule has 0 saturated carbocycles. The number of nitrogens with one attached hydrogen (secondary N) is 2. The number of benzene rings is 1. The molecule has 0 bridgehead atoms. The molecule has 1 aliphatic heterocycles. The van der Waals surface area contributed by atoms with Crippen molar-refractivity contribution < 1.29 is 14.4 Å². The highest BCUT2D eigenvalue weighted by atomic mass is 79.9. The van der Waals surface area contributed by atoms with Crippen LogP contribution >= 0.6 is 15.9 Å². The molecule has 2 N–H and O–H groups in total. The molecule has 6 nitrogen and oxygen atoms in total. The Bertz CT molecular complexity index is 830. The summed E-state index contributed by atoms with van der Waals surface area (Å²) in [6.07, 6.45) is 1.97. The second kappa shape index (κ2) is 7.33. The predicted molar refractivity (Wildman–Crippen MR) is 97.0 cm³/mol. The molecule has 0 spiro atoms. The highest BCUT2D eigenvalue weighted by Crippen LogP contribution is 2.20. The summed E-state index contributed by atoms with van der Waals surface area (Å²) in [6.45, 7) is 4.91. The quantitative estimate of drug-likeness (QED) is 0.713. The van der Waals surface area contributed by atoms with Gasteiger partial charge in [-0.05, 0) is 18.2 Å². The topological polar surface area (TPSA) is 60.7 Å². The Morgan fingerprint density at radius 1 is 1.16 bits per heavy atom. The van der Waals surface area contributed by atoms with Gasteiger partial charge in [0.15, 0.2) is 6.54 Å². The van der Waals surface area contributed by atoms with Crippen LogP contribution in [0.25, 0.3) is 11.4 Å². The lowest BCUT2D eigenvalue weighted by Gasteiger charge is -2.27. The van der Waals surface area contributed by atoms with Gasteiger partial charge in [0.05, 0.1) is 6.20 Å². The first-order valence-corrected chi connectivity index (χ1v) is 9.21. The number of rotatable bonds is 4. The normalized spacial score (nSPS) is 15.5. The number of hydrogen-bond donors (Lipinski definition) is 1. The lowest BCUT2D eigenvalue weighted by atomic mass is 10.2. The van der Waals surface area contributed by atoms with Crippen LogP contribution < -0.4 is 14.8 Å². The molecule has 2 aromatic heterocycles. The van der Waals surface area contributed by atoms with Gasteiger partial charge in [-0.1, -0.05) is 39.3 Å². The molecule has 3 aromatic rings. The molecular formula is C18H20BrN5O+2. The van der Waals surface area contributed by atoms with E-state index in [9.17, 15) is 0 Å². The maximum Gasteiger partial charge on any atom is 0.282 e. The van der Waals surface area contributed by atoms with Crippen LogP contribution in [0.1, 0.15) is 5.89 Å². The minimum atomic E-state index is 0.647. The van der Waals surface area contributed by atoms with Gasteiger partial charge in [0.2, 0.25) is 5.82 Å². The Morgan fingerprint density at radius 2 is 2.04 bits per heavy atom. The molecule has 1 aromatic carbocycles. The molecule has 0 atom stereocenters. The lowest BCUT2D eigenvalue weighted by Crippen LogP contribution is -3.13. The van der Waals surface area contributed by atoms with Gasteiger partial charge < -0.3 is 9.42 Å². The van der Waals surface area contributed by atoms with E-state index in [1.165, 1.54) is 10.7 Å². The molecule has 0 unspecified atom stereocenters. The summed E-state index contributed by atoms with van der Waals surface area (Å²) in [5, 5.41) is 4.12. The number of H-pyrrole nitrogens is 1. The van der Waals surface area contributed by atoms with Crippen LogP contribution in [-0.2, 0) is 6.54 Å². The highest BCUT2D eigenvalue weighted by molar-refractivity contribution is 9.10.